The Hall–Kier alpha value is -2.55. The Balaban J connectivity index is 2.27. The van der Waals surface area contributed by atoms with Gasteiger partial charge in [-0.15, -0.1) is 0 Å². The highest BCUT2D eigenvalue weighted by atomic mass is 32.2. The van der Waals surface area contributed by atoms with E-state index in [-0.39, 0.29) is 22.3 Å². The lowest BCUT2D eigenvalue weighted by atomic mass is 10.3. The average molecular weight is 309 g/mol. The van der Waals surface area contributed by atoms with Crippen molar-refractivity contribution in [2.75, 3.05) is 7.11 Å². The summed E-state index contributed by atoms with van der Waals surface area (Å²) in [6.45, 7) is 0. The normalized spacial score (nSPS) is 11.1. The lowest BCUT2D eigenvalue weighted by molar-refractivity contribution is -0.384. The molecule has 1 aromatic heterocycles. The van der Waals surface area contributed by atoms with Crippen molar-refractivity contribution in [2.24, 2.45) is 0 Å². The van der Waals surface area contributed by atoms with Crippen LogP contribution in [-0.2, 0) is 15.6 Å². The van der Waals surface area contributed by atoms with E-state index in [1.807, 2.05) is 0 Å². The third-order valence-corrected chi connectivity index (χ3v) is 4.24. The zero-order valence-corrected chi connectivity index (χ0v) is 11.8. The second-order valence-corrected chi connectivity index (χ2v) is 6.01. The largest absolute Gasteiger partial charge is 0.481 e. The third kappa shape index (κ3) is 3.51. The van der Waals surface area contributed by atoms with E-state index in [2.05, 4.69) is 9.97 Å². The van der Waals surface area contributed by atoms with Gasteiger partial charge in [0.25, 0.3) is 5.69 Å². The van der Waals surface area contributed by atoms with Gasteiger partial charge in [0, 0.05) is 24.4 Å². The number of sulfone groups is 1. The number of nitrogens with zero attached hydrogens (tertiary/aromatic N) is 3. The highest BCUT2D eigenvalue weighted by molar-refractivity contribution is 7.90. The van der Waals surface area contributed by atoms with Crippen LogP contribution in [0.15, 0.2) is 41.4 Å². The van der Waals surface area contributed by atoms with E-state index in [9.17, 15) is 18.5 Å². The van der Waals surface area contributed by atoms with Gasteiger partial charge < -0.3 is 4.74 Å². The Bertz CT molecular complexity index is 759. The number of methoxy groups -OCH3 is 1. The molecule has 2 aromatic rings. The number of ether oxygens (including phenoxy) is 1. The van der Waals surface area contributed by atoms with Crippen molar-refractivity contribution >= 4 is 15.5 Å². The molecule has 8 nitrogen and oxygen atoms in total. The van der Waals surface area contributed by atoms with Gasteiger partial charge in [0.05, 0.1) is 16.9 Å². The van der Waals surface area contributed by atoms with Crippen molar-refractivity contribution in [3.63, 3.8) is 0 Å². The number of nitro groups is 1. The molecule has 9 heteroatoms. The molecule has 0 N–H and O–H groups in total. The van der Waals surface area contributed by atoms with Gasteiger partial charge in [0.15, 0.2) is 9.84 Å². The first-order chi connectivity index (χ1) is 9.92. The fourth-order valence-corrected chi connectivity index (χ4v) is 2.79. The van der Waals surface area contributed by atoms with E-state index in [1.165, 1.54) is 31.5 Å². The number of rotatable bonds is 5. The summed E-state index contributed by atoms with van der Waals surface area (Å²) in [7, 11) is -2.27. The summed E-state index contributed by atoms with van der Waals surface area (Å²) in [5.41, 5.74) is -0.174. The maximum atomic E-state index is 12.2. The summed E-state index contributed by atoms with van der Waals surface area (Å²) >= 11 is 0. The first kappa shape index (κ1) is 14.9. The molecule has 0 saturated heterocycles. The van der Waals surface area contributed by atoms with Crippen molar-refractivity contribution in [1.82, 2.24) is 9.97 Å². The number of aromatic nitrogens is 2. The molecule has 1 aromatic carbocycles. The number of hydrogen-bond acceptors (Lipinski definition) is 7. The highest BCUT2D eigenvalue weighted by Gasteiger charge is 2.18. The Morgan fingerprint density at radius 2 is 1.90 bits per heavy atom. The lowest BCUT2D eigenvalue weighted by Crippen LogP contribution is -2.08. The predicted octanol–water partition coefficient (Wildman–Crippen LogP) is 1.37. The quantitative estimate of drug-likeness (QED) is 0.605. The van der Waals surface area contributed by atoms with E-state index >= 15 is 0 Å². The standard InChI is InChI=1S/C12H11N3O5S/c1-20-12-6-7-13-11(14-12)8-21(18,19)10-4-2-9(3-5-10)15(16)17/h2-7H,8H2,1H3. The number of hydrogen-bond donors (Lipinski definition) is 0. The molecular weight excluding hydrogens is 298 g/mol. The summed E-state index contributed by atoms with van der Waals surface area (Å²) in [6.07, 6.45) is 1.40. The van der Waals surface area contributed by atoms with Gasteiger partial charge in [-0.3, -0.25) is 10.1 Å². The van der Waals surface area contributed by atoms with Crippen LogP contribution in [0.25, 0.3) is 0 Å². The summed E-state index contributed by atoms with van der Waals surface area (Å²) in [5.74, 6) is -0.0613. The van der Waals surface area contributed by atoms with E-state index in [0.717, 1.165) is 12.1 Å². The molecule has 0 unspecified atom stereocenters. The monoisotopic (exact) mass is 309 g/mol. The Kier molecular flexibility index (Phi) is 4.13. The van der Waals surface area contributed by atoms with Crippen LogP contribution < -0.4 is 4.74 Å². The molecule has 0 aliphatic heterocycles. The van der Waals surface area contributed by atoms with Crippen LogP contribution in [0, 0.1) is 10.1 Å². The predicted molar refractivity (Wildman–Crippen MR) is 72.6 cm³/mol. The minimum atomic E-state index is -3.68. The van der Waals surface area contributed by atoms with Gasteiger partial charge in [-0.1, -0.05) is 0 Å². The van der Waals surface area contributed by atoms with Gasteiger partial charge in [-0.25, -0.2) is 13.4 Å². The summed E-state index contributed by atoms with van der Waals surface area (Å²) < 4.78 is 29.3. The average Bonchev–Trinajstić information content (AvgIpc) is 2.47. The zero-order chi connectivity index (χ0) is 15.5. The maximum absolute atomic E-state index is 12.2. The topological polar surface area (TPSA) is 112 Å². The smallest absolute Gasteiger partial charge is 0.269 e. The van der Waals surface area contributed by atoms with Crippen molar-refractivity contribution < 1.29 is 18.1 Å². The Morgan fingerprint density at radius 1 is 1.24 bits per heavy atom. The van der Waals surface area contributed by atoms with E-state index in [4.69, 9.17) is 4.74 Å². The van der Waals surface area contributed by atoms with Gasteiger partial charge >= 0.3 is 0 Å². The minimum Gasteiger partial charge on any atom is -0.481 e. The van der Waals surface area contributed by atoms with Crippen molar-refractivity contribution in [3.05, 3.63) is 52.5 Å². The molecule has 21 heavy (non-hydrogen) atoms. The molecule has 110 valence electrons. The van der Waals surface area contributed by atoms with Crippen LogP contribution in [0.3, 0.4) is 0 Å². The molecule has 0 aliphatic carbocycles. The SMILES string of the molecule is COc1ccnc(CS(=O)(=O)c2ccc([N+](=O)[O-])cc2)n1. The van der Waals surface area contributed by atoms with Crippen LogP contribution in [0.1, 0.15) is 5.82 Å². The van der Waals surface area contributed by atoms with Crippen LogP contribution in [0.4, 0.5) is 5.69 Å². The summed E-state index contributed by atoms with van der Waals surface area (Å²) in [6, 6.07) is 6.15. The van der Waals surface area contributed by atoms with E-state index < -0.39 is 20.5 Å². The highest BCUT2D eigenvalue weighted by Crippen LogP contribution is 2.19. The number of nitro benzene ring substituents is 1. The van der Waals surface area contributed by atoms with Crippen molar-refractivity contribution in [2.45, 2.75) is 10.6 Å². The molecule has 0 aliphatic rings. The first-order valence-corrected chi connectivity index (χ1v) is 7.41. The summed E-state index contributed by atoms with van der Waals surface area (Å²) in [4.78, 5) is 17.7. The molecule has 1 heterocycles. The Labute approximate surface area is 120 Å². The Morgan fingerprint density at radius 3 is 2.48 bits per heavy atom. The maximum Gasteiger partial charge on any atom is 0.269 e. The molecular formula is C12H11N3O5S. The fraction of sp³-hybridized carbons (Fsp3) is 0.167. The van der Waals surface area contributed by atoms with E-state index in [1.54, 1.807) is 0 Å². The third-order valence-electron chi connectivity index (χ3n) is 2.61. The van der Waals surface area contributed by atoms with Crippen molar-refractivity contribution in [1.29, 1.82) is 0 Å². The van der Waals surface area contributed by atoms with Crippen LogP contribution in [0.2, 0.25) is 0 Å². The zero-order valence-electron chi connectivity index (χ0n) is 11.0. The van der Waals surface area contributed by atoms with Gasteiger partial charge in [0.2, 0.25) is 5.88 Å². The molecule has 0 amide bonds. The van der Waals surface area contributed by atoms with Crippen LogP contribution >= 0.6 is 0 Å². The molecule has 0 spiro atoms. The number of non-ortho nitro benzene ring substituents is 1. The molecule has 0 fully saturated rings. The van der Waals surface area contributed by atoms with Gasteiger partial charge in [-0.05, 0) is 12.1 Å². The molecule has 2 rings (SSSR count). The second-order valence-electron chi connectivity index (χ2n) is 4.03. The minimum absolute atomic E-state index is 0.0282. The molecule has 0 saturated carbocycles. The first-order valence-electron chi connectivity index (χ1n) is 5.75. The summed E-state index contributed by atoms with van der Waals surface area (Å²) in [5, 5.41) is 10.5. The molecule has 0 atom stereocenters. The second kappa shape index (κ2) is 5.83. The van der Waals surface area contributed by atoms with Gasteiger partial charge in [0.1, 0.15) is 11.6 Å². The van der Waals surface area contributed by atoms with Crippen molar-refractivity contribution in [3.8, 4) is 5.88 Å². The number of benzene rings is 1. The van der Waals surface area contributed by atoms with Gasteiger partial charge in [-0.2, -0.15) is 4.98 Å². The lowest BCUT2D eigenvalue weighted by Gasteiger charge is -2.04. The van der Waals surface area contributed by atoms with Crippen LogP contribution in [0.5, 0.6) is 5.88 Å². The van der Waals surface area contributed by atoms with Crippen LogP contribution in [-0.4, -0.2) is 30.4 Å². The van der Waals surface area contributed by atoms with E-state index in [0.29, 0.717) is 0 Å². The molecule has 0 bridgehead atoms. The molecule has 0 radical (unpaired) electrons. The fourth-order valence-electron chi connectivity index (χ4n) is 1.59.